The maximum atomic E-state index is 12.2. The molecule has 0 aliphatic rings. The molecule has 5 heteroatoms. The van der Waals surface area contributed by atoms with Crippen LogP contribution in [0.2, 0.25) is 0 Å². The van der Waals surface area contributed by atoms with Crippen LogP contribution in [-0.4, -0.2) is 15.5 Å². The highest BCUT2D eigenvalue weighted by molar-refractivity contribution is 7.09. The van der Waals surface area contributed by atoms with E-state index < -0.39 is 0 Å². The number of aromatic nitrogens is 2. The Bertz CT molecular complexity index is 1000. The van der Waals surface area contributed by atoms with Crippen molar-refractivity contribution in [3.05, 3.63) is 77.2 Å². The van der Waals surface area contributed by atoms with Gasteiger partial charge in [0.25, 0.3) is 0 Å². The molecule has 25 heavy (non-hydrogen) atoms. The van der Waals surface area contributed by atoms with E-state index in [0.717, 1.165) is 27.2 Å². The van der Waals surface area contributed by atoms with Crippen LogP contribution in [0.4, 0.5) is 0 Å². The highest BCUT2D eigenvalue weighted by Gasteiger charge is 2.08. The van der Waals surface area contributed by atoms with Crippen LogP contribution in [-0.2, 0) is 17.9 Å². The van der Waals surface area contributed by atoms with Crippen molar-refractivity contribution in [2.45, 2.75) is 13.1 Å². The average Bonchev–Trinajstić information content (AvgIpc) is 3.28. The van der Waals surface area contributed by atoms with E-state index in [9.17, 15) is 4.79 Å². The quantitative estimate of drug-likeness (QED) is 0.591. The van der Waals surface area contributed by atoms with Crippen LogP contribution in [0.25, 0.3) is 22.2 Å². The number of amides is 1. The van der Waals surface area contributed by atoms with E-state index >= 15 is 0 Å². The lowest BCUT2D eigenvalue weighted by Crippen LogP contribution is -2.26. The lowest BCUT2D eigenvalue weighted by atomic mass is 10.2. The van der Waals surface area contributed by atoms with Gasteiger partial charge in [0.05, 0.1) is 12.2 Å². The number of thiazole rings is 1. The Morgan fingerprint density at radius 3 is 2.72 bits per heavy atom. The zero-order chi connectivity index (χ0) is 17.1. The van der Waals surface area contributed by atoms with Gasteiger partial charge in [-0.1, -0.05) is 48.5 Å². The Balaban J connectivity index is 1.38. The van der Waals surface area contributed by atoms with Crippen LogP contribution in [0.5, 0.6) is 0 Å². The molecule has 0 radical (unpaired) electrons. The second kappa shape index (κ2) is 6.91. The van der Waals surface area contributed by atoms with Crippen molar-refractivity contribution < 1.29 is 4.79 Å². The molecule has 0 saturated carbocycles. The molecule has 0 spiro atoms. The largest absolute Gasteiger partial charge is 0.348 e. The SMILES string of the molecule is O=C(Cn1ccc2ccccc21)NCc1nc(-c2ccccc2)cs1. The van der Waals surface area contributed by atoms with Crippen molar-refractivity contribution in [3.63, 3.8) is 0 Å². The van der Waals surface area contributed by atoms with Gasteiger partial charge in [-0.2, -0.15) is 0 Å². The molecule has 4 nitrogen and oxygen atoms in total. The van der Waals surface area contributed by atoms with Crippen LogP contribution in [0.3, 0.4) is 0 Å². The standard InChI is InChI=1S/C20H17N3OS/c24-19(13-23-11-10-16-8-4-5-9-18(16)23)21-12-20-22-17(14-25-20)15-6-2-1-3-7-15/h1-11,14H,12-13H2,(H,21,24). The summed E-state index contributed by atoms with van der Waals surface area (Å²) in [5, 5.41) is 7.03. The lowest BCUT2D eigenvalue weighted by molar-refractivity contribution is -0.121. The van der Waals surface area contributed by atoms with Crippen molar-refractivity contribution in [1.29, 1.82) is 0 Å². The van der Waals surface area contributed by atoms with Gasteiger partial charge in [0.2, 0.25) is 5.91 Å². The summed E-state index contributed by atoms with van der Waals surface area (Å²) in [6, 6.07) is 20.1. The molecule has 2 aromatic heterocycles. The molecule has 4 aromatic rings. The first-order valence-corrected chi connectivity index (χ1v) is 8.98. The van der Waals surface area contributed by atoms with E-state index in [1.54, 1.807) is 11.3 Å². The Hall–Kier alpha value is -2.92. The predicted molar refractivity (Wildman–Crippen MR) is 101 cm³/mol. The van der Waals surface area contributed by atoms with Crippen molar-refractivity contribution in [3.8, 4) is 11.3 Å². The fourth-order valence-corrected chi connectivity index (χ4v) is 3.54. The number of hydrogen-bond acceptors (Lipinski definition) is 3. The van der Waals surface area contributed by atoms with Gasteiger partial charge in [-0.05, 0) is 17.5 Å². The molecule has 2 heterocycles. The van der Waals surface area contributed by atoms with Crippen molar-refractivity contribution >= 4 is 28.1 Å². The first-order chi connectivity index (χ1) is 12.3. The maximum absolute atomic E-state index is 12.2. The van der Waals surface area contributed by atoms with Gasteiger partial charge in [-0.25, -0.2) is 4.98 Å². The summed E-state index contributed by atoms with van der Waals surface area (Å²) in [5.74, 6) is -0.0159. The Morgan fingerprint density at radius 1 is 1.04 bits per heavy atom. The van der Waals surface area contributed by atoms with Crippen LogP contribution in [0.1, 0.15) is 5.01 Å². The Kier molecular flexibility index (Phi) is 4.31. The van der Waals surface area contributed by atoms with Crippen LogP contribution in [0.15, 0.2) is 72.2 Å². The number of rotatable bonds is 5. The predicted octanol–water partition coefficient (Wildman–Crippen LogP) is 4.08. The van der Waals surface area contributed by atoms with Gasteiger partial charge >= 0.3 is 0 Å². The highest BCUT2D eigenvalue weighted by Crippen LogP contribution is 2.21. The van der Waals surface area contributed by atoms with Crippen LogP contribution in [0, 0.1) is 0 Å². The number of hydrogen-bond donors (Lipinski definition) is 1. The van der Waals surface area contributed by atoms with Gasteiger partial charge < -0.3 is 9.88 Å². The summed E-state index contributed by atoms with van der Waals surface area (Å²) >= 11 is 1.56. The molecule has 0 fully saturated rings. The molecule has 0 bridgehead atoms. The van der Waals surface area contributed by atoms with Crippen molar-refractivity contribution in [2.75, 3.05) is 0 Å². The minimum atomic E-state index is -0.0159. The summed E-state index contributed by atoms with van der Waals surface area (Å²) in [7, 11) is 0. The van der Waals surface area contributed by atoms with Crippen LogP contribution >= 0.6 is 11.3 Å². The molecule has 124 valence electrons. The van der Waals surface area contributed by atoms with Crippen molar-refractivity contribution in [2.24, 2.45) is 0 Å². The molecular formula is C20H17N3OS. The van der Waals surface area contributed by atoms with E-state index in [-0.39, 0.29) is 5.91 Å². The second-order valence-corrected chi connectivity index (χ2v) is 6.71. The smallest absolute Gasteiger partial charge is 0.240 e. The molecule has 0 unspecified atom stereocenters. The topological polar surface area (TPSA) is 46.9 Å². The van der Waals surface area contributed by atoms with Crippen LogP contribution < -0.4 is 5.32 Å². The number of fused-ring (bicyclic) bond motifs is 1. The lowest BCUT2D eigenvalue weighted by Gasteiger charge is -2.06. The molecule has 0 atom stereocenters. The molecule has 0 aliphatic carbocycles. The molecule has 1 N–H and O–H groups in total. The maximum Gasteiger partial charge on any atom is 0.240 e. The number of carbonyl (C=O) groups excluding carboxylic acids is 1. The average molecular weight is 347 g/mol. The number of nitrogens with one attached hydrogen (secondary N) is 1. The van der Waals surface area contributed by atoms with E-state index in [4.69, 9.17) is 0 Å². The zero-order valence-electron chi connectivity index (χ0n) is 13.6. The fraction of sp³-hybridized carbons (Fsp3) is 0.100. The molecule has 0 saturated heterocycles. The van der Waals surface area contributed by atoms with E-state index in [1.165, 1.54) is 0 Å². The normalized spacial score (nSPS) is 10.9. The van der Waals surface area contributed by atoms with Gasteiger partial charge in [0.1, 0.15) is 11.6 Å². The molecule has 0 aliphatic heterocycles. The summed E-state index contributed by atoms with van der Waals surface area (Å²) in [6.45, 7) is 0.764. The van der Waals surface area contributed by atoms with Gasteiger partial charge in [-0.15, -0.1) is 11.3 Å². The minimum Gasteiger partial charge on any atom is -0.348 e. The van der Waals surface area contributed by atoms with E-state index in [0.29, 0.717) is 13.1 Å². The van der Waals surface area contributed by atoms with E-state index in [2.05, 4.69) is 10.3 Å². The fourth-order valence-electron chi connectivity index (χ4n) is 2.80. The van der Waals surface area contributed by atoms with Gasteiger partial charge in [0, 0.05) is 22.7 Å². The zero-order valence-corrected chi connectivity index (χ0v) is 14.4. The third kappa shape index (κ3) is 3.46. The summed E-state index contributed by atoms with van der Waals surface area (Å²) < 4.78 is 1.96. The van der Waals surface area contributed by atoms with Crippen molar-refractivity contribution in [1.82, 2.24) is 14.9 Å². The molecular weight excluding hydrogens is 330 g/mol. The minimum absolute atomic E-state index is 0.0159. The third-order valence-electron chi connectivity index (χ3n) is 4.05. The highest BCUT2D eigenvalue weighted by atomic mass is 32.1. The number of benzene rings is 2. The summed E-state index contributed by atoms with van der Waals surface area (Å²) in [4.78, 5) is 16.8. The Morgan fingerprint density at radius 2 is 1.84 bits per heavy atom. The first-order valence-electron chi connectivity index (χ1n) is 8.10. The second-order valence-electron chi connectivity index (χ2n) is 5.77. The summed E-state index contributed by atoms with van der Waals surface area (Å²) in [5.41, 5.74) is 3.11. The summed E-state index contributed by atoms with van der Waals surface area (Å²) in [6.07, 6.45) is 1.95. The molecule has 2 aromatic carbocycles. The number of nitrogens with zero attached hydrogens (tertiary/aromatic N) is 2. The monoisotopic (exact) mass is 347 g/mol. The third-order valence-corrected chi connectivity index (χ3v) is 4.90. The molecule has 1 amide bonds. The van der Waals surface area contributed by atoms with Gasteiger partial charge in [-0.3, -0.25) is 4.79 Å². The molecule has 4 rings (SSSR count). The van der Waals surface area contributed by atoms with Gasteiger partial charge in [0.15, 0.2) is 0 Å². The first kappa shape index (κ1) is 15.6. The number of carbonyl (C=O) groups is 1. The van der Waals surface area contributed by atoms with E-state index in [1.807, 2.05) is 76.8 Å². The Labute approximate surface area is 149 Å². The number of para-hydroxylation sites is 1.